The molecular weight excluding hydrogens is 519 g/mol. The van der Waals surface area contributed by atoms with Crippen LogP contribution in [-0.4, -0.2) is 35.9 Å². The van der Waals surface area contributed by atoms with Gasteiger partial charge < -0.3 is 15.0 Å². The van der Waals surface area contributed by atoms with Crippen LogP contribution in [0.5, 0.6) is 5.75 Å². The van der Waals surface area contributed by atoms with E-state index >= 15 is 0 Å². The van der Waals surface area contributed by atoms with Crippen LogP contribution in [0.3, 0.4) is 0 Å². The zero-order chi connectivity index (χ0) is 26.1. The summed E-state index contributed by atoms with van der Waals surface area (Å²) in [4.78, 5) is 28.5. The van der Waals surface area contributed by atoms with Crippen LogP contribution in [-0.2, 0) is 22.6 Å². The zero-order valence-electron chi connectivity index (χ0n) is 20.2. The van der Waals surface area contributed by atoms with Crippen molar-refractivity contribution in [2.45, 2.75) is 32.9 Å². The Labute approximate surface area is 227 Å². The molecule has 3 aromatic rings. The Morgan fingerprint density at radius 3 is 2.31 bits per heavy atom. The van der Waals surface area contributed by atoms with Gasteiger partial charge in [-0.2, -0.15) is 0 Å². The van der Waals surface area contributed by atoms with Gasteiger partial charge in [-0.25, -0.2) is 0 Å². The SMILES string of the molecule is CC(C)CNC(=O)[C@H](Cc1ccccc1)N(Cc1ccc(Cl)cc1Cl)C(=O)COc1cccc(Cl)c1. The maximum Gasteiger partial charge on any atom is 0.261 e. The van der Waals surface area contributed by atoms with Gasteiger partial charge >= 0.3 is 0 Å². The lowest BCUT2D eigenvalue weighted by Gasteiger charge is -2.32. The average molecular weight is 548 g/mol. The molecule has 0 saturated heterocycles. The number of amides is 2. The molecule has 0 aliphatic heterocycles. The first kappa shape index (κ1) is 27.9. The Morgan fingerprint density at radius 2 is 1.64 bits per heavy atom. The predicted octanol–water partition coefficient (Wildman–Crippen LogP) is 6.44. The van der Waals surface area contributed by atoms with Gasteiger partial charge in [0.25, 0.3) is 5.91 Å². The van der Waals surface area contributed by atoms with E-state index in [0.29, 0.717) is 39.3 Å². The van der Waals surface area contributed by atoms with E-state index in [0.717, 1.165) is 5.56 Å². The van der Waals surface area contributed by atoms with E-state index in [-0.39, 0.29) is 30.9 Å². The predicted molar refractivity (Wildman–Crippen MR) is 146 cm³/mol. The molecule has 5 nitrogen and oxygen atoms in total. The second kappa shape index (κ2) is 13.5. The summed E-state index contributed by atoms with van der Waals surface area (Å²) in [5, 5.41) is 4.38. The van der Waals surface area contributed by atoms with Crippen LogP contribution in [0, 0.1) is 5.92 Å². The third-order valence-electron chi connectivity index (χ3n) is 5.47. The van der Waals surface area contributed by atoms with Crippen LogP contribution in [0.25, 0.3) is 0 Å². The summed E-state index contributed by atoms with van der Waals surface area (Å²) in [6.07, 6.45) is 0.332. The number of carbonyl (C=O) groups excluding carboxylic acids is 2. The smallest absolute Gasteiger partial charge is 0.261 e. The first-order chi connectivity index (χ1) is 17.2. The molecule has 0 unspecified atom stereocenters. The summed E-state index contributed by atoms with van der Waals surface area (Å²) in [6.45, 7) is 4.37. The van der Waals surface area contributed by atoms with Crippen molar-refractivity contribution < 1.29 is 14.3 Å². The van der Waals surface area contributed by atoms with Crippen LogP contribution in [0.1, 0.15) is 25.0 Å². The van der Waals surface area contributed by atoms with E-state index in [9.17, 15) is 9.59 Å². The monoisotopic (exact) mass is 546 g/mol. The van der Waals surface area contributed by atoms with Crippen LogP contribution in [0.4, 0.5) is 0 Å². The molecule has 0 heterocycles. The molecule has 0 aromatic heterocycles. The van der Waals surface area contributed by atoms with Crippen molar-refractivity contribution in [1.82, 2.24) is 10.2 Å². The summed E-state index contributed by atoms with van der Waals surface area (Å²) in [5.74, 6) is 0.118. The van der Waals surface area contributed by atoms with E-state index < -0.39 is 6.04 Å². The highest BCUT2D eigenvalue weighted by atomic mass is 35.5. The van der Waals surface area contributed by atoms with Crippen molar-refractivity contribution in [3.63, 3.8) is 0 Å². The number of benzene rings is 3. The molecule has 0 radical (unpaired) electrons. The minimum atomic E-state index is -0.784. The molecule has 0 bridgehead atoms. The van der Waals surface area contributed by atoms with Crippen LogP contribution in [0.15, 0.2) is 72.8 Å². The number of nitrogens with one attached hydrogen (secondary N) is 1. The van der Waals surface area contributed by atoms with Gasteiger partial charge in [-0.05, 0) is 47.4 Å². The van der Waals surface area contributed by atoms with Crippen LogP contribution < -0.4 is 10.1 Å². The molecule has 36 heavy (non-hydrogen) atoms. The number of halogens is 3. The van der Waals surface area contributed by atoms with Crippen LogP contribution in [0.2, 0.25) is 15.1 Å². The summed E-state index contributed by atoms with van der Waals surface area (Å²) < 4.78 is 5.73. The van der Waals surface area contributed by atoms with Crippen molar-refractivity contribution in [3.05, 3.63) is 99.0 Å². The molecule has 0 spiro atoms. The van der Waals surface area contributed by atoms with Crippen molar-refractivity contribution >= 4 is 46.6 Å². The van der Waals surface area contributed by atoms with E-state index in [4.69, 9.17) is 39.5 Å². The Hall–Kier alpha value is -2.73. The van der Waals surface area contributed by atoms with E-state index in [2.05, 4.69) is 5.32 Å². The molecular formula is C28H29Cl3N2O3. The maximum atomic E-state index is 13.6. The number of hydrogen-bond donors (Lipinski definition) is 1. The highest BCUT2D eigenvalue weighted by Gasteiger charge is 2.31. The molecule has 0 saturated carbocycles. The highest BCUT2D eigenvalue weighted by molar-refractivity contribution is 6.35. The topological polar surface area (TPSA) is 58.6 Å². The van der Waals surface area contributed by atoms with Crippen molar-refractivity contribution in [2.75, 3.05) is 13.2 Å². The zero-order valence-corrected chi connectivity index (χ0v) is 22.5. The van der Waals surface area contributed by atoms with Crippen molar-refractivity contribution in [3.8, 4) is 5.75 Å². The van der Waals surface area contributed by atoms with Crippen molar-refractivity contribution in [2.24, 2.45) is 5.92 Å². The standard InChI is InChI=1S/C28H29Cl3N2O3/c1-19(2)16-32-28(35)26(13-20-7-4-3-5-8-20)33(17-21-11-12-23(30)15-25(21)31)27(34)18-36-24-10-6-9-22(29)14-24/h3-12,14-15,19,26H,13,16-18H2,1-2H3,(H,32,35)/t26-/m0/s1. The Bertz CT molecular complexity index is 1170. The first-order valence-corrected chi connectivity index (χ1v) is 12.8. The summed E-state index contributed by atoms with van der Waals surface area (Å²) >= 11 is 18.6. The first-order valence-electron chi connectivity index (χ1n) is 11.7. The summed E-state index contributed by atoms with van der Waals surface area (Å²) in [5.41, 5.74) is 1.60. The Balaban J connectivity index is 1.93. The third-order valence-corrected chi connectivity index (χ3v) is 6.29. The van der Waals surface area contributed by atoms with Gasteiger partial charge in [-0.3, -0.25) is 9.59 Å². The fraction of sp³-hybridized carbons (Fsp3) is 0.286. The van der Waals surface area contributed by atoms with Gasteiger partial charge in [0.15, 0.2) is 6.61 Å². The summed E-state index contributed by atoms with van der Waals surface area (Å²) in [6, 6.07) is 20.7. The van der Waals surface area contributed by atoms with Gasteiger partial charge in [-0.1, -0.05) is 91.1 Å². The molecule has 190 valence electrons. The lowest BCUT2D eigenvalue weighted by molar-refractivity contribution is -0.142. The minimum absolute atomic E-state index is 0.111. The fourth-order valence-corrected chi connectivity index (χ4v) is 4.24. The van der Waals surface area contributed by atoms with E-state index in [1.807, 2.05) is 44.2 Å². The lowest BCUT2D eigenvalue weighted by atomic mass is 10.0. The third kappa shape index (κ3) is 8.44. The molecule has 2 amide bonds. The molecule has 0 aliphatic carbocycles. The number of ether oxygens (including phenoxy) is 1. The molecule has 1 atom stereocenters. The number of hydrogen-bond acceptors (Lipinski definition) is 3. The quantitative estimate of drug-likeness (QED) is 0.301. The molecule has 1 N–H and O–H groups in total. The molecule has 3 aromatic carbocycles. The second-order valence-corrected chi connectivity index (χ2v) is 10.1. The van der Waals surface area contributed by atoms with Crippen LogP contribution >= 0.6 is 34.8 Å². The molecule has 0 aliphatic rings. The fourth-order valence-electron chi connectivity index (χ4n) is 3.59. The lowest BCUT2D eigenvalue weighted by Crippen LogP contribution is -2.52. The molecule has 0 fully saturated rings. The normalized spacial score (nSPS) is 11.7. The number of rotatable bonds is 11. The summed E-state index contributed by atoms with van der Waals surface area (Å²) in [7, 11) is 0. The van der Waals surface area contributed by atoms with Gasteiger partial charge in [-0.15, -0.1) is 0 Å². The Morgan fingerprint density at radius 1 is 0.917 bits per heavy atom. The minimum Gasteiger partial charge on any atom is -0.484 e. The van der Waals surface area contributed by atoms with Gasteiger partial charge in [0.2, 0.25) is 5.91 Å². The van der Waals surface area contributed by atoms with Gasteiger partial charge in [0.05, 0.1) is 0 Å². The van der Waals surface area contributed by atoms with Gasteiger partial charge in [0, 0.05) is 34.6 Å². The van der Waals surface area contributed by atoms with E-state index in [1.54, 1.807) is 42.5 Å². The maximum absolute atomic E-state index is 13.6. The second-order valence-electron chi connectivity index (χ2n) is 8.85. The molecule has 3 rings (SSSR count). The molecule has 8 heteroatoms. The number of carbonyl (C=O) groups is 2. The Kier molecular flexibility index (Phi) is 10.5. The highest BCUT2D eigenvalue weighted by Crippen LogP contribution is 2.24. The van der Waals surface area contributed by atoms with Crippen molar-refractivity contribution in [1.29, 1.82) is 0 Å². The average Bonchev–Trinajstić information content (AvgIpc) is 2.85. The number of nitrogens with zero attached hydrogens (tertiary/aromatic N) is 1. The van der Waals surface area contributed by atoms with E-state index in [1.165, 1.54) is 4.90 Å². The largest absolute Gasteiger partial charge is 0.484 e. The van der Waals surface area contributed by atoms with Gasteiger partial charge in [0.1, 0.15) is 11.8 Å².